The summed E-state index contributed by atoms with van der Waals surface area (Å²) in [4.78, 5) is 0. The summed E-state index contributed by atoms with van der Waals surface area (Å²) in [6.45, 7) is 9.18. The van der Waals surface area contributed by atoms with E-state index in [1.165, 1.54) is 37.7 Å². The molecule has 0 aliphatic rings. The third-order valence-electron chi connectivity index (χ3n) is 2.54. The highest BCUT2D eigenvalue weighted by Crippen LogP contribution is 2.12. The molecule has 1 nitrogen and oxygen atoms in total. The van der Waals surface area contributed by atoms with Gasteiger partial charge in [-0.3, -0.25) is 0 Å². The van der Waals surface area contributed by atoms with Gasteiger partial charge in [-0.1, -0.05) is 64.2 Å². The minimum absolute atomic E-state index is 0.854. The molecule has 0 fully saturated rings. The number of rotatable bonds is 7. The highest BCUT2D eigenvalue weighted by molar-refractivity contribution is 5.26. The van der Waals surface area contributed by atoms with Crippen molar-refractivity contribution in [2.75, 3.05) is 6.61 Å². The van der Waals surface area contributed by atoms with E-state index in [1.807, 2.05) is 26.0 Å². The van der Waals surface area contributed by atoms with Crippen molar-refractivity contribution in [1.82, 2.24) is 0 Å². The molecule has 1 aromatic carbocycles. The van der Waals surface area contributed by atoms with Gasteiger partial charge in [0.15, 0.2) is 0 Å². The molecule has 0 heterocycles. The Kier molecular flexibility index (Phi) is 10.8. The Morgan fingerprint density at radius 3 is 2.06 bits per heavy atom. The van der Waals surface area contributed by atoms with E-state index >= 15 is 0 Å². The van der Waals surface area contributed by atoms with E-state index in [2.05, 4.69) is 26.0 Å². The largest absolute Gasteiger partial charge is 0.494 e. The molecular weight excluding hydrogens is 208 g/mol. The Hall–Kier alpha value is -0.980. The molecule has 0 saturated heterocycles. The summed E-state index contributed by atoms with van der Waals surface area (Å²) in [5, 5.41) is 0. The number of aryl methyl sites for hydroxylation is 1. The molecule has 0 radical (unpaired) electrons. The zero-order chi connectivity index (χ0) is 12.9. The molecule has 0 aliphatic heterocycles. The van der Waals surface area contributed by atoms with Crippen molar-refractivity contribution in [3.8, 4) is 5.75 Å². The van der Waals surface area contributed by atoms with Crippen LogP contribution in [0.25, 0.3) is 0 Å². The monoisotopic (exact) mass is 236 g/mol. The summed E-state index contributed by atoms with van der Waals surface area (Å²) in [5.41, 5.74) is 1.28. The molecule has 1 aromatic rings. The Balaban J connectivity index is 0.00000121. The van der Waals surface area contributed by atoms with Crippen LogP contribution in [0.2, 0.25) is 0 Å². The molecule has 0 bridgehead atoms. The fourth-order valence-electron chi connectivity index (χ4n) is 1.53. The third-order valence-corrected chi connectivity index (χ3v) is 2.54. The van der Waals surface area contributed by atoms with Crippen LogP contribution in [0.15, 0.2) is 24.3 Å². The maximum absolute atomic E-state index is 5.64. The van der Waals surface area contributed by atoms with Gasteiger partial charge in [0.2, 0.25) is 0 Å². The van der Waals surface area contributed by atoms with Crippen LogP contribution in [-0.4, -0.2) is 6.61 Å². The Morgan fingerprint density at radius 2 is 1.47 bits per heavy atom. The summed E-state index contributed by atoms with van der Waals surface area (Å²) in [6.07, 6.45) is 6.46. The standard InChI is InChI=1S/C14H22O.C2H6/c1-3-4-5-6-7-12-15-14-10-8-13(2)9-11-14;1-2/h8-11H,3-7,12H2,1-2H3;1-2H3. The fraction of sp³-hybridized carbons (Fsp3) is 0.625. The molecule has 1 heteroatoms. The molecule has 1 rings (SSSR count). The fourth-order valence-corrected chi connectivity index (χ4v) is 1.53. The van der Waals surface area contributed by atoms with Crippen LogP contribution in [0.3, 0.4) is 0 Å². The van der Waals surface area contributed by atoms with Gasteiger partial charge in [-0.25, -0.2) is 0 Å². The van der Waals surface area contributed by atoms with Crippen LogP contribution in [0, 0.1) is 6.92 Å². The first kappa shape index (κ1) is 16.0. The van der Waals surface area contributed by atoms with Crippen molar-refractivity contribution in [3.63, 3.8) is 0 Å². The van der Waals surface area contributed by atoms with Crippen molar-refractivity contribution in [2.24, 2.45) is 0 Å². The first-order chi connectivity index (χ1) is 8.33. The lowest BCUT2D eigenvalue weighted by molar-refractivity contribution is 0.304. The summed E-state index contributed by atoms with van der Waals surface area (Å²) >= 11 is 0. The Bertz CT molecular complexity index is 251. The summed E-state index contributed by atoms with van der Waals surface area (Å²) in [5.74, 6) is 0.996. The smallest absolute Gasteiger partial charge is 0.119 e. The highest BCUT2D eigenvalue weighted by Gasteiger charge is 1.93. The van der Waals surface area contributed by atoms with Crippen LogP contribution in [0.5, 0.6) is 5.75 Å². The normalized spacial score (nSPS) is 9.41. The Morgan fingerprint density at radius 1 is 0.882 bits per heavy atom. The van der Waals surface area contributed by atoms with Gasteiger partial charge in [0.05, 0.1) is 6.61 Å². The van der Waals surface area contributed by atoms with Crippen molar-refractivity contribution >= 4 is 0 Å². The van der Waals surface area contributed by atoms with Gasteiger partial charge in [-0.05, 0) is 25.5 Å². The van der Waals surface area contributed by atoms with Gasteiger partial charge >= 0.3 is 0 Å². The van der Waals surface area contributed by atoms with E-state index in [9.17, 15) is 0 Å². The molecule has 0 amide bonds. The summed E-state index contributed by atoms with van der Waals surface area (Å²) in [7, 11) is 0. The molecule has 0 spiro atoms. The minimum Gasteiger partial charge on any atom is -0.494 e. The predicted octanol–water partition coefficient (Wildman–Crippen LogP) is 5.37. The molecule has 0 atom stereocenters. The second-order valence-corrected chi connectivity index (χ2v) is 4.08. The number of ether oxygens (including phenoxy) is 1. The van der Waals surface area contributed by atoms with E-state index in [-0.39, 0.29) is 0 Å². The van der Waals surface area contributed by atoms with Gasteiger partial charge in [-0.15, -0.1) is 0 Å². The van der Waals surface area contributed by atoms with Crippen molar-refractivity contribution < 1.29 is 4.74 Å². The van der Waals surface area contributed by atoms with Gasteiger partial charge in [-0.2, -0.15) is 0 Å². The van der Waals surface area contributed by atoms with E-state index in [0.717, 1.165) is 12.4 Å². The maximum atomic E-state index is 5.64. The molecule has 0 unspecified atom stereocenters. The lowest BCUT2D eigenvalue weighted by Crippen LogP contribution is -1.97. The molecule has 0 aliphatic carbocycles. The first-order valence-corrected chi connectivity index (χ1v) is 7.02. The molecule has 98 valence electrons. The van der Waals surface area contributed by atoms with Crippen LogP contribution < -0.4 is 4.74 Å². The van der Waals surface area contributed by atoms with Gasteiger partial charge in [0, 0.05) is 0 Å². The average molecular weight is 236 g/mol. The topological polar surface area (TPSA) is 9.23 Å². The predicted molar refractivity (Wildman–Crippen MR) is 76.8 cm³/mol. The zero-order valence-corrected chi connectivity index (χ0v) is 12.0. The van der Waals surface area contributed by atoms with Gasteiger partial charge in [0.1, 0.15) is 5.75 Å². The van der Waals surface area contributed by atoms with Gasteiger partial charge < -0.3 is 4.74 Å². The van der Waals surface area contributed by atoms with Crippen LogP contribution >= 0.6 is 0 Å². The highest BCUT2D eigenvalue weighted by atomic mass is 16.5. The number of hydrogen-bond donors (Lipinski definition) is 0. The average Bonchev–Trinajstić information content (AvgIpc) is 2.38. The number of hydrogen-bond acceptors (Lipinski definition) is 1. The Labute approximate surface area is 107 Å². The summed E-state index contributed by atoms with van der Waals surface area (Å²) < 4.78 is 5.64. The second-order valence-electron chi connectivity index (χ2n) is 4.08. The maximum Gasteiger partial charge on any atom is 0.119 e. The van der Waals surface area contributed by atoms with E-state index < -0.39 is 0 Å². The molecule has 0 aromatic heterocycles. The summed E-state index contributed by atoms with van der Waals surface area (Å²) in [6, 6.07) is 8.27. The third kappa shape index (κ3) is 8.79. The number of benzene rings is 1. The SMILES string of the molecule is CC.CCCCCCCOc1ccc(C)cc1. The van der Waals surface area contributed by atoms with E-state index in [0.29, 0.717) is 0 Å². The van der Waals surface area contributed by atoms with Crippen LogP contribution in [0.4, 0.5) is 0 Å². The lowest BCUT2D eigenvalue weighted by atomic mass is 10.2. The molecule has 17 heavy (non-hydrogen) atoms. The van der Waals surface area contributed by atoms with E-state index in [4.69, 9.17) is 4.74 Å². The van der Waals surface area contributed by atoms with Crippen molar-refractivity contribution in [2.45, 2.75) is 59.8 Å². The second kappa shape index (κ2) is 11.5. The van der Waals surface area contributed by atoms with Crippen molar-refractivity contribution in [3.05, 3.63) is 29.8 Å². The van der Waals surface area contributed by atoms with Crippen LogP contribution in [0.1, 0.15) is 58.4 Å². The van der Waals surface area contributed by atoms with Gasteiger partial charge in [0.25, 0.3) is 0 Å². The van der Waals surface area contributed by atoms with Crippen LogP contribution in [-0.2, 0) is 0 Å². The molecular formula is C16H28O. The van der Waals surface area contributed by atoms with E-state index in [1.54, 1.807) is 0 Å². The lowest BCUT2D eigenvalue weighted by Gasteiger charge is -2.05. The quantitative estimate of drug-likeness (QED) is 0.578. The zero-order valence-electron chi connectivity index (χ0n) is 12.0. The first-order valence-electron chi connectivity index (χ1n) is 7.02. The molecule has 0 saturated carbocycles. The number of unbranched alkanes of at least 4 members (excludes halogenated alkanes) is 4. The minimum atomic E-state index is 0.854. The van der Waals surface area contributed by atoms with Crippen molar-refractivity contribution in [1.29, 1.82) is 0 Å². The molecule has 0 N–H and O–H groups in total.